The lowest BCUT2D eigenvalue weighted by Gasteiger charge is -2.13. The highest BCUT2D eigenvalue weighted by atomic mass is 32.1. The maximum atomic E-state index is 11.0. The van der Waals surface area contributed by atoms with Crippen LogP contribution in [0.1, 0.15) is 36.3 Å². The molecule has 0 bridgehead atoms. The van der Waals surface area contributed by atoms with Crippen LogP contribution in [0.3, 0.4) is 0 Å². The minimum Gasteiger partial charge on any atom is -0.493 e. The van der Waals surface area contributed by atoms with Gasteiger partial charge in [-0.2, -0.15) is 0 Å². The Kier molecular flexibility index (Phi) is 6.77. The van der Waals surface area contributed by atoms with Crippen LogP contribution >= 0.6 is 11.3 Å². The summed E-state index contributed by atoms with van der Waals surface area (Å²) in [6, 6.07) is 16.1. The summed E-state index contributed by atoms with van der Waals surface area (Å²) >= 11 is 1.69. The molecule has 1 aromatic heterocycles. The van der Waals surface area contributed by atoms with Crippen LogP contribution in [0.15, 0.2) is 53.9 Å². The van der Waals surface area contributed by atoms with Crippen LogP contribution in [0.5, 0.6) is 17.2 Å². The van der Waals surface area contributed by atoms with E-state index in [1.54, 1.807) is 18.4 Å². The fourth-order valence-electron chi connectivity index (χ4n) is 4.01. The van der Waals surface area contributed by atoms with Gasteiger partial charge in [0.1, 0.15) is 5.75 Å². The summed E-state index contributed by atoms with van der Waals surface area (Å²) in [5.74, 6) is 1.66. The third-order valence-electron chi connectivity index (χ3n) is 5.52. The number of methoxy groups -OCH3 is 1. The fraction of sp³-hybridized carbons (Fsp3) is 0.320. The summed E-state index contributed by atoms with van der Waals surface area (Å²) in [7, 11) is 1.65. The van der Waals surface area contributed by atoms with Crippen molar-refractivity contribution in [2.45, 2.75) is 31.6 Å². The number of aliphatic carboxylic acids is 1. The van der Waals surface area contributed by atoms with E-state index in [0.29, 0.717) is 13.2 Å². The zero-order valence-electron chi connectivity index (χ0n) is 17.5. The molecule has 1 N–H and O–H groups in total. The van der Waals surface area contributed by atoms with Gasteiger partial charge in [-0.3, -0.25) is 4.79 Å². The van der Waals surface area contributed by atoms with Crippen LogP contribution < -0.4 is 14.2 Å². The number of hydrogen-bond acceptors (Lipinski definition) is 5. The molecule has 2 aromatic carbocycles. The zero-order chi connectivity index (χ0) is 21.6. The van der Waals surface area contributed by atoms with E-state index in [1.807, 2.05) is 42.5 Å². The van der Waals surface area contributed by atoms with Crippen molar-refractivity contribution in [1.29, 1.82) is 0 Å². The van der Waals surface area contributed by atoms with E-state index < -0.39 is 5.97 Å². The van der Waals surface area contributed by atoms with Crippen LogP contribution in [-0.2, 0) is 11.2 Å². The van der Waals surface area contributed by atoms with E-state index in [9.17, 15) is 4.79 Å². The van der Waals surface area contributed by atoms with Gasteiger partial charge in [-0.15, -0.1) is 11.3 Å². The third-order valence-corrected chi connectivity index (χ3v) is 6.44. The molecular weight excluding hydrogens is 412 g/mol. The van der Waals surface area contributed by atoms with E-state index in [0.717, 1.165) is 47.6 Å². The van der Waals surface area contributed by atoms with Crippen molar-refractivity contribution in [2.75, 3.05) is 20.3 Å². The Labute approximate surface area is 186 Å². The highest BCUT2D eigenvalue weighted by molar-refractivity contribution is 7.13. The number of ether oxygens (including phenoxy) is 3. The first-order valence-electron chi connectivity index (χ1n) is 10.5. The Bertz CT molecular complexity index is 1030. The molecule has 1 aliphatic rings. The quantitative estimate of drug-likeness (QED) is 0.407. The van der Waals surface area contributed by atoms with Gasteiger partial charge in [0.05, 0.1) is 26.7 Å². The molecule has 1 atom stereocenters. The average Bonchev–Trinajstić information content (AvgIpc) is 3.44. The number of carbonyl (C=O) groups is 1. The SMILES string of the molecule is COc1cc(-c2cccs2)ccc1OCCCOc1ccc2c(c1)CC[C@H]2CC(=O)O. The Morgan fingerprint density at radius 3 is 2.74 bits per heavy atom. The first kappa shape index (κ1) is 21.2. The van der Waals surface area contributed by atoms with Gasteiger partial charge in [0.25, 0.3) is 0 Å². The number of thiophene rings is 1. The van der Waals surface area contributed by atoms with Crippen LogP contribution in [0.4, 0.5) is 0 Å². The Morgan fingerprint density at radius 1 is 1.10 bits per heavy atom. The molecule has 0 saturated heterocycles. The molecule has 0 saturated carbocycles. The minimum atomic E-state index is -0.740. The zero-order valence-corrected chi connectivity index (χ0v) is 18.3. The van der Waals surface area contributed by atoms with Crippen LogP contribution in [0.2, 0.25) is 0 Å². The van der Waals surface area contributed by atoms with E-state index in [-0.39, 0.29) is 12.3 Å². The lowest BCUT2D eigenvalue weighted by atomic mass is 9.98. The number of fused-ring (bicyclic) bond motifs is 1. The number of aryl methyl sites for hydroxylation is 1. The maximum Gasteiger partial charge on any atom is 0.303 e. The van der Waals surface area contributed by atoms with Gasteiger partial charge in [0, 0.05) is 11.3 Å². The maximum absolute atomic E-state index is 11.0. The first-order chi connectivity index (χ1) is 15.1. The second kappa shape index (κ2) is 9.88. The highest BCUT2D eigenvalue weighted by Crippen LogP contribution is 2.37. The van der Waals surface area contributed by atoms with Gasteiger partial charge in [-0.25, -0.2) is 0 Å². The molecule has 0 radical (unpaired) electrons. The van der Waals surface area contributed by atoms with Gasteiger partial charge >= 0.3 is 5.97 Å². The fourth-order valence-corrected chi connectivity index (χ4v) is 4.73. The van der Waals surface area contributed by atoms with E-state index in [1.165, 1.54) is 10.4 Å². The smallest absolute Gasteiger partial charge is 0.303 e. The molecule has 0 amide bonds. The Balaban J connectivity index is 1.26. The van der Waals surface area contributed by atoms with Gasteiger partial charge in [0.2, 0.25) is 0 Å². The molecule has 1 heterocycles. The van der Waals surface area contributed by atoms with Gasteiger partial charge in [0.15, 0.2) is 11.5 Å². The van der Waals surface area contributed by atoms with Crippen molar-refractivity contribution in [3.8, 4) is 27.7 Å². The normalized spacial score (nSPS) is 14.8. The predicted octanol–water partition coefficient (Wildman–Crippen LogP) is 5.78. The summed E-state index contributed by atoms with van der Waals surface area (Å²) in [5, 5.41) is 11.1. The predicted molar refractivity (Wildman–Crippen MR) is 122 cm³/mol. The molecule has 0 unspecified atom stereocenters. The van der Waals surface area contributed by atoms with Crippen molar-refractivity contribution in [2.24, 2.45) is 0 Å². The van der Waals surface area contributed by atoms with E-state index in [2.05, 4.69) is 11.4 Å². The molecule has 3 aromatic rings. The van der Waals surface area contributed by atoms with Crippen molar-refractivity contribution in [3.63, 3.8) is 0 Å². The first-order valence-corrected chi connectivity index (χ1v) is 11.3. The largest absolute Gasteiger partial charge is 0.493 e. The van der Waals surface area contributed by atoms with Crippen LogP contribution in [0.25, 0.3) is 10.4 Å². The molecule has 5 nitrogen and oxygen atoms in total. The third kappa shape index (κ3) is 5.20. The second-order valence-corrected chi connectivity index (χ2v) is 8.54. The highest BCUT2D eigenvalue weighted by Gasteiger charge is 2.24. The van der Waals surface area contributed by atoms with Crippen molar-refractivity contribution in [3.05, 3.63) is 65.0 Å². The summed E-state index contributed by atoms with van der Waals surface area (Å²) < 4.78 is 17.3. The molecule has 0 spiro atoms. The lowest BCUT2D eigenvalue weighted by molar-refractivity contribution is -0.137. The second-order valence-electron chi connectivity index (χ2n) is 7.59. The summed E-state index contributed by atoms with van der Waals surface area (Å²) in [4.78, 5) is 12.2. The van der Waals surface area contributed by atoms with Gasteiger partial charge < -0.3 is 19.3 Å². The lowest BCUT2D eigenvalue weighted by Crippen LogP contribution is -2.06. The number of carboxylic acid groups (broad SMARTS) is 1. The van der Waals surface area contributed by atoms with Gasteiger partial charge in [-0.1, -0.05) is 12.1 Å². The Hall–Kier alpha value is -2.99. The van der Waals surface area contributed by atoms with E-state index >= 15 is 0 Å². The molecule has 6 heteroatoms. The minimum absolute atomic E-state index is 0.121. The standard InChI is InChI=1S/C25H26O5S/c1-28-23-15-19(24-4-2-13-31-24)7-10-22(23)30-12-3-11-29-20-8-9-21-17(14-20)5-6-18(21)16-25(26)27/h2,4,7-10,13-15,18H,3,5-6,11-12,16H2,1H3,(H,26,27)/t18-/m0/s1. The number of carboxylic acids is 1. The van der Waals surface area contributed by atoms with Crippen molar-refractivity contribution < 1.29 is 24.1 Å². The van der Waals surface area contributed by atoms with Crippen LogP contribution in [0, 0.1) is 0 Å². The summed E-state index contributed by atoms with van der Waals surface area (Å²) in [6.45, 7) is 1.08. The number of hydrogen-bond donors (Lipinski definition) is 1. The molecule has 162 valence electrons. The molecule has 0 fully saturated rings. The monoisotopic (exact) mass is 438 g/mol. The molecule has 1 aliphatic carbocycles. The molecule has 31 heavy (non-hydrogen) atoms. The summed E-state index contributed by atoms with van der Waals surface area (Å²) in [6.07, 6.45) is 2.75. The number of benzene rings is 2. The van der Waals surface area contributed by atoms with Crippen molar-refractivity contribution in [1.82, 2.24) is 0 Å². The van der Waals surface area contributed by atoms with Gasteiger partial charge in [-0.05, 0) is 77.2 Å². The molecular formula is C25H26O5S. The average molecular weight is 439 g/mol. The van der Waals surface area contributed by atoms with Crippen LogP contribution in [-0.4, -0.2) is 31.4 Å². The Morgan fingerprint density at radius 2 is 1.97 bits per heavy atom. The molecule has 0 aliphatic heterocycles. The molecule has 4 rings (SSSR count). The van der Waals surface area contributed by atoms with E-state index in [4.69, 9.17) is 19.3 Å². The summed E-state index contributed by atoms with van der Waals surface area (Å²) in [5.41, 5.74) is 3.47. The number of rotatable bonds is 10. The van der Waals surface area contributed by atoms with Crippen molar-refractivity contribution >= 4 is 17.3 Å². The topological polar surface area (TPSA) is 65.0 Å².